The Morgan fingerprint density at radius 2 is 2.46 bits per heavy atom. The summed E-state index contributed by atoms with van der Waals surface area (Å²) in [6, 6.07) is 1.79. The highest BCUT2D eigenvalue weighted by Gasteiger charge is 2.07. The van der Waals surface area contributed by atoms with Crippen LogP contribution in [0.3, 0.4) is 0 Å². The second kappa shape index (κ2) is 4.04. The molecule has 0 atom stereocenters. The molecule has 0 bridgehead atoms. The highest BCUT2D eigenvalue weighted by atomic mass is 16.5. The number of carboxylic acid groups (broad SMARTS) is 1. The Labute approximate surface area is 75.9 Å². The number of hydrogen-bond donors (Lipinski definition) is 1. The van der Waals surface area contributed by atoms with Crippen LogP contribution in [-0.2, 0) is 11.3 Å². The molecule has 0 aliphatic carbocycles. The Bertz CT molecular complexity index is 295. The van der Waals surface area contributed by atoms with Gasteiger partial charge in [-0.3, -0.25) is 9.69 Å². The molecule has 0 saturated carbocycles. The number of nitrogens with zero attached hydrogens (tertiary/aromatic N) is 2. The van der Waals surface area contributed by atoms with E-state index >= 15 is 0 Å². The van der Waals surface area contributed by atoms with Crippen molar-refractivity contribution in [2.75, 3.05) is 13.6 Å². The molecular formula is C8H12N2O3. The maximum absolute atomic E-state index is 10.3. The summed E-state index contributed by atoms with van der Waals surface area (Å²) in [5.41, 5.74) is 0.751. The van der Waals surface area contributed by atoms with Gasteiger partial charge in [0.05, 0.1) is 12.2 Å². The zero-order chi connectivity index (χ0) is 9.84. The van der Waals surface area contributed by atoms with E-state index in [1.807, 2.05) is 0 Å². The standard InChI is InChI=1S/C8H12N2O3/c1-6-3-7(9-13-6)4-10(2)5-8(11)12/h3H,4-5H2,1-2H3,(H,11,12). The number of hydrogen-bond acceptors (Lipinski definition) is 4. The average Bonchev–Trinajstić information content (AvgIpc) is 2.33. The molecule has 5 nitrogen and oxygen atoms in total. The lowest BCUT2D eigenvalue weighted by Crippen LogP contribution is -2.25. The first-order valence-electron chi connectivity index (χ1n) is 3.90. The van der Waals surface area contributed by atoms with Crippen molar-refractivity contribution in [3.05, 3.63) is 17.5 Å². The lowest BCUT2D eigenvalue weighted by atomic mass is 10.3. The fraction of sp³-hybridized carbons (Fsp3) is 0.500. The van der Waals surface area contributed by atoms with E-state index in [9.17, 15) is 4.79 Å². The third kappa shape index (κ3) is 3.25. The fourth-order valence-corrected chi connectivity index (χ4v) is 1.06. The molecule has 0 saturated heterocycles. The van der Waals surface area contributed by atoms with E-state index in [1.165, 1.54) is 0 Å². The molecule has 0 unspecified atom stereocenters. The molecule has 1 aromatic heterocycles. The van der Waals surface area contributed by atoms with E-state index in [0.29, 0.717) is 6.54 Å². The Hall–Kier alpha value is -1.36. The van der Waals surface area contributed by atoms with E-state index in [1.54, 1.807) is 24.9 Å². The van der Waals surface area contributed by atoms with E-state index in [-0.39, 0.29) is 6.54 Å². The van der Waals surface area contributed by atoms with Crippen LogP contribution >= 0.6 is 0 Å². The van der Waals surface area contributed by atoms with Crippen molar-refractivity contribution in [3.8, 4) is 0 Å². The molecule has 0 amide bonds. The van der Waals surface area contributed by atoms with Crippen LogP contribution in [0.5, 0.6) is 0 Å². The van der Waals surface area contributed by atoms with Crippen LogP contribution in [0.1, 0.15) is 11.5 Å². The molecule has 1 N–H and O–H groups in total. The molecular weight excluding hydrogens is 172 g/mol. The van der Waals surface area contributed by atoms with Gasteiger partial charge in [0, 0.05) is 12.6 Å². The average molecular weight is 184 g/mol. The van der Waals surface area contributed by atoms with Crippen molar-refractivity contribution in [3.63, 3.8) is 0 Å². The molecule has 0 fully saturated rings. The predicted octanol–water partition coefficient (Wildman–Crippen LogP) is 0.499. The first kappa shape index (κ1) is 9.73. The molecule has 0 aromatic carbocycles. The van der Waals surface area contributed by atoms with Gasteiger partial charge < -0.3 is 9.63 Å². The molecule has 1 heterocycles. The fourth-order valence-electron chi connectivity index (χ4n) is 1.06. The zero-order valence-corrected chi connectivity index (χ0v) is 7.65. The maximum atomic E-state index is 10.3. The number of aryl methyl sites for hydroxylation is 1. The molecule has 0 radical (unpaired) electrons. The van der Waals surface area contributed by atoms with Gasteiger partial charge in [-0.25, -0.2) is 0 Å². The van der Waals surface area contributed by atoms with E-state index in [0.717, 1.165) is 11.5 Å². The summed E-state index contributed by atoms with van der Waals surface area (Å²) >= 11 is 0. The Balaban J connectivity index is 2.44. The van der Waals surface area contributed by atoms with Crippen molar-refractivity contribution in [2.24, 2.45) is 0 Å². The summed E-state index contributed by atoms with van der Waals surface area (Å²) in [5, 5.41) is 12.2. The smallest absolute Gasteiger partial charge is 0.317 e. The first-order valence-corrected chi connectivity index (χ1v) is 3.90. The van der Waals surface area contributed by atoms with Crippen molar-refractivity contribution in [1.29, 1.82) is 0 Å². The predicted molar refractivity (Wildman–Crippen MR) is 45.2 cm³/mol. The minimum atomic E-state index is -0.845. The van der Waals surface area contributed by atoms with E-state index in [2.05, 4.69) is 5.16 Å². The number of carbonyl (C=O) groups is 1. The van der Waals surface area contributed by atoms with Gasteiger partial charge in [-0.15, -0.1) is 0 Å². The van der Waals surface area contributed by atoms with Crippen molar-refractivity contribution in [1.82, 2.24) is 10.1 Å². The molecule has 0 aliphatic heterocycles. The molecule has 1 rings (SSSR count). The van der Waals surface area contributed by atoms with Crippen molar-refractivity contribution in [2.45, 2.75) is 13.5 Å². The second-order valence-corrected chi connectivity index (χ2v) is 2.99. The molecule has 72 valence electrons. The summed E-state index contributed by atoms with van der Waals surface area (Å²) in [6.45, 7) is 2.29. The number of aromatic nitrogens is 1. The molecule has 0 spiro atoms. The zero-order valence-electron chi connectivity index (χ0n) is 7.65. The first-order chi connectivity index (χ1) is 6.08. The van der Waals surface area contributed by atoms with Gasteiger partial charge in [0.1, 0.15) is 5.76 Å². The molecule has 1 aromatic rings. The minimum Gasteiger partial charge on any atom is -0.480 e. The summed E-state index contributed by atoms with van der Waals surface area (Å²) in [7, 11) is 1.72. The number of rotatable bonds is 4. The van der Waals surface area contributed by atoms with Crippen molar-refractivity contribution >= 4 is 5.97 Å². The third-order valence-corrected chi connectivity index (χ3v) is 1.51. The highest BCUT2D eigenvalue weighted by Crippen LogP contribution is 2.03. The van der Waals surface area contributed by atoms with Crippen LogP contribution in [0.4, 0.5) is 0 Å². The lowest BCUT2D eigenvalue weighted by Gasteiger charge is -2.10. The van der Waals surface area contributed by atoms with Gasteiger partial charge in [0.2, 0.25) is 0 Å². The quantitative estimate of drug-likeness (QED) is 0.738. The van der Waals surface area contributed by atoms with Crippen LogP contribution < -0.4 is 0 Å². The van der Waals surface area contributed by atoms with E-state index < -0.39 is 5.97 Å². The Morgan fingerprint density at radius 1 is 1.77 bits per heavy atom. The maximum Gasteiger partial charge on any atom is 0.317 e. The Kier molecular flexibility index (Phi) is 3.02. The van der Waals surface area contributed by atoms with Crippen molar-refractivity contribution < 1.29 is 14.4 Å². The minimum absolute atomic E-state index is 0.00586. The SMILES string of the molecule is Cc1cc(CN(C)CC(=O)O)no1. The monoisotopic (exact) mass is 184 g/mol. The summed E-state index contributed by atoms with van der Waals surface area (Å²) < 4.78 is 4.85. The topological polar surface area (TPSA) is 66.6 Å². The van der Waals surface area contributed by atoms with Gasteiger partial charge in [0.25, 0.3) is 0 Å². The summed E-state index contributed by atoms with van der Waals surface area (Å²) in [6.07, 6.45) is 0. The largest absolute Gasteiger partial charge is 0.480 e. The number of likely N-dealkylation sites (N-methyl/N-ethyl adjacent to an activating group) is 1. The van der Waals surface area contributed by atoms with Crippen LogP contribution in [0, 0.1) is 6.92 Å². The van der Waals surface area contributed by atoms with Gasteiger partial charge in [-0.2, -0.15) is 0 Å². The van der Waals surface area contributed by atoms with Gasteiger partial charge in [-0.05, 0) is 14.0 Å². The van der Waals surface area contributed by atoms with Gasteiger partial charge in [-0.1, -0.05) is 5.16 Å². The van der Waals surface area contributed by atoms with Gasteiger partial charge >= 0.3 is 5.97 Å². The van der Waals surface area contributed by atoms with Crippen LogP contribution in [0.25, 0.3) is 0 Å². The second-order valence-electron chi connectivity index (χ2n) is 2.99. The summed E-state index contributed by atoms with van der Waals surface area (Å²) in [4.78, 5) is 12.0. The van der Waals surface area contributed by atoms with E-state index in [4.69, 9.17) is 9.63 Å². The normalized spacial score (nSPS) is 10.7. The van der Waals surface area contributed by atoms with Crippen LogP contribution in [-0.4, -0.2) is 34.7 Å². The molecule has 5 heteroatoms. The van der Waals surface area contributed by atoms with Crippen LogP contribution in [0.15, 0.2) is 10.6 Å². The Morgan fingerprint density at radius 3 is 2.92 bits per heavy atom. The highest BCUT2D eigenvalue weighted by molar-refractivity contribution is 5.68. The summed E-state index contributed by atoms with van der Waals surface area (Å²) in [5.74, 6) is -0.110. The molecule has 0 aliphatic rings. The molecule has 13 heavy (non-hydrogen) atoms. The number of aliphatic carboxylic acids is 1. The van der Waals surface area contributed by atoms with Crippen LogP contribution in [0.2, 0.25) is 0 Å². The lowest BCUT2D eigenvalue weighted by molar-refractivity contribution is -0.138. The van der Waals surface area contributed by atoms with Gasteiger partial charge in [0.15, 0.2) is 0 Å². The number of carboxylic acids is 1. The third-order valence-electron chi connectivity index (χ3n) is 1.51.